The first-order chi connectivity index (χ1) is 7.81. The lowest BCUT2D eigenvalue weighted by Crippen LogP contribution is -2.10. The Morgan fingerprint density at radius 2 is 1.82 bits per heavy atom. The van der Waals surface area contributed by atoms with Gasteiger partial charge in [-0.2, -0.15) is 8.42 Å². The molecule has 0 radical (unpaired) electrons. The van der Waals surface area contributed by atoms with E-state index >= 15 is 0 Å². The Bertz CT molecular complexity index is 466. The van der Waals surface area contributed by atoms with Crippen LogP contribution in [0.15, 0.2) is 24.3 Å². The van der Waals surface area contributed by atoms with Gasteiger partial charge in [0.15, 0.2) is 5.75 Å². The van der Waals surface area contributed by atoms with Crippen LogP contribution in [0.25, 0.3) is 0 Å². The highest BCUT2D eigenvalue weighted by molar-refractivity contribution is 7.81. The molecule has 96 valence electrons. The number of benzene rings is 1. The summed E-state index contributed by atoms with van der Waals surface area (Å²) in [5.41, 5.74) is -0.342. The molecule has 0 atom stereocenters. The maximum absolute atomic E-state index is 10.6. The van der Waals surface area contributed by atoms with E-state index in [1.807, 2.05) is 0 Å². The molecule has 0 bridgehead atoms. The summed E-state index contributed by atoms with van der Waals surface area (Å²) in [4.78, 5) is 10.6. The number of aromatic carboxylic acids is 1. The van der Waals surface area contributed by atoms with Crippen molar-refractivity contribution in [3.05, 3.63) is 29.8 Å². The zero-order chi connectivity index (χ0) is 13.5. The number of para-hydroxylation sites is 1. The highest BCUT2D eigenvalue weighted by Crippen LogP contribution is 2.18. The number of hydrogen-bond acceptors (Lipinski definition) is 5. The SMILES string of the molecule is CCO.O=C(O)c1ccccc1OS(=O)(=O)O. The van der Waals surface area contributed by atoms with Gasteiger partial charge in [-0.05, 0) is 19.1 Å². The van der Waals surface area contributed by atoms with E-state index < -0.39 is 22.1 Å². The van der Waals surface area contributed by atoms with Gasteiger partial charge in [-0.3, -0.25) is 4.55 Å². The first-order valence-corrected chi connectivity index (χ1v) is 5.78. The van der Waals surface area contributed by atoms with Crippen LogP contribution in [-0.4, -0.2) is 35.8 Å². The summed E-state index contributed by atoms with van der Waals surface area (Å²) in [5.74, 6) is -1.77. The van der Waals surface area contributed by atoms with E-state index in [9.17, 15) is 13.2 Å². The predicted molar refractivity (Wildman–Crippen MR) is 58.3 cm³/mol. The minimum Gasteiger partial charge on any atom is -0.478 e. The summed E-state index contributed by atoms with van der Waals surface area (Å²) in [6.07, 6.45) is 0. The van der Waals surface area contributed by atoms with E-state index in [0.717, 1.165) is 12.1 Å². The summed E-state index contributed by atoms with van der Waals surface area (Å²) >= 11 is 0. The zero-order valence-corrected chi connectivity index (χ0v) is 9.72. The van der Waals surface area contributed by atoms with Gasteiger partial charge in [-0.15, -0.1) is 0 Å². The van der Waals surface area contributed by atoms with Crippen molar-refractivity contribution in [2.75, 3.05) is 6.61 Å². The summed E-state index contributed by atoms with van der Waals surface area (Å²) in [6, 6.07) is 5.06. The molecule has 8 heteroatoms. The Morgan fingerprint density at radius 3 is 2.24 bits per heavy atom. The lowest BCUT2D eigenvalue weighted by Gasteiger charge is -2.03. The summed E-state index contributed by atoms with van der Waals surface area (Å²) < 4.78 is 33.0. The van der Waals surface area contributed by atoms with Gasteiger partial charge in [-0.25, -0.2) is 4.79 Å². The van der Waals surface area contributed by atoms with Crippen molar-refractivity contribution >= 4 is 16.4 Å². The fourth-order valence-corrected chi connectivity index (χ4v) is 1.20. The third-order valence-electron chi connectivity index (χ3n) is 1.31. The van der Waals surface area contributed by atoms with E-state index in [2.05, 4.69) is 4.18 Å². The average molecular weight is 264 g/mol. The highest BCUT2D eigenvalue weighted by Gasteiger charge is 2.15. The van der Waals surface area contributed by atoms with Gasteiger partial charge in [-0.1, -0.05) is 12.1 Å². The molecule has 0 saturated carbocycles. The van der Waals surface area contributed by atoms with Crippen LogP contribution in [0.5, 0.6) is 5.75 Å². The predicted octanol–water partition coefficient (Wildman–Crippen LogP) is 0.565. The Morgan fingerprint density at radius 1 is 1.35 bits per heavy atom. The number of carboxylic acids is 1. The second kappa shape index (κ2) is 6.84. The first-order valence-electron chi connectivity index (χ1n) is 4.42. The summed E-state index contributed by atoms with van der Waals surface area (Å²) in [7, 11) is -4.70. The quantitative estimate of drug-likeness (QED) is 0.682. The van der Waals surface area contributed by atoms with Crippen LogP contribution >= 0.6 is 0 Å². The molecule has 1 aromatic rings. The molecule has 0 unspecified atom stereocenters. The molecule has 3 N–H and O–H groups in total. The van der Waals surface area contributed by atoms with Crippen molar-refractivity contribution in [1.29, 1.82) is 0 Å². The molecule has 17 heavy (non-hydrogen) atoms. The van der Waals surface area contributed by atoms with Crippen molar-refractivity contribution in [2.45, 2.75) is 6.92 Å². The molecule has 0 aliphatic heterocycles. The van der Waals surface area contributed by atoms with E-state index in [4.69, 9.17) is 14.8 Å². The average Bonchev–Trinajstić information content (AvgIpc) is 2.16. The Kier molecular flexibility index (Phi) is 6.18. The van der Waals surface area contributed by atoms with Crippen LogP contribution in [0.2, 0.25) is 0 Å². The smallest absolute Gasteiger partial charge is 0.446 e. The second-order valence-electron chi connectivity index (χ2n) is 2.63. The minimum absolute atomic E-state index is 0.250. The fourth-order valence-electron chi connectivity index (χ4n) is 0.829. The molecule has 1 rings (SSSR count). The normalized spacial score (nSPS) is 10.1. The monoisotopic (exact) mass is 264 g/mol. The topological polar surface area (TPSA) is 121 Å². The fraction of sp³-hybridized carbons (Fsp3) is 0.222. The van der Waals surface area contributed by atoms with Crippen LogP contribution < -0.4 is 4.18 Å². The maximum Gasteiger partial charge on any atom is 0.446 e. The molecule has 0 fully saturated rings. The van der Waals surface area contributed by atoms with Gasteiger partial charge in [0.25, 0.3) is 0 Å². The van der Waals surface area contributed by atoms with Gasteiger partial charge in [0.1, 0.15) is 5.56 Å². The molecule has 0 spiro atoms. The molecule has 1 aromatic carbocycles. The van der Waals surface area contributed by atoms with Crippen molar-refractivity contribution < 1.29 is 32.2 Å². The molecular weight excluding hydrogens is 252 g/mol. The number of rotatable bonds is 3. The molecule has 0 amide bonds. The molecule has 0 saturated heterocycles. The number of carbonyl (C=O) groups is 1. The third-order valence-corrected chi connectivity index (χ3v) is 1.70. The maximum atomic E-state index is 10.6. The largest absolute Gasteiger partial charge is 0.478 e. The van der Waals surface area contributed by atoms with E-state index in [-0.39, 0.29) is 12.2 Å². The van der Waals surface area contributed by atoms with Crippen molar-refractivity contribution in [3.8, 4) is 5.75 Å². The third kappa shape index (κ3) is 6.51. The Balaban J connectivity index is 0.000000770. The van der Waals surface area contributed by atoms with Crippen LogP contribution in [0, 0.1) is 0 Å². The van der Waals surface area contributed by atoms with E-state index in [0.29, 0.717) is 0 Å². The van der Waals surface area contributed by atoms with Crippen molar-refractivity contribution in [2.24, 2.45) is 0 Å². The van der Waals surface area contributed by atoms with Gasteiger partial charge in [0.05, 0.1) is 0 Å². The lowest BCUT2D eigenvalue weighted by atomic mass is 10.2. The standard InChI is InChI=1S/C7H6O6S.C2H6O/c8-7(9)5-3-1-2-4-6(5)13-14(10,11)12;1-2-3/h1-4H,(H,8,9)(H,10,11,12);3H,2H2,1H3. The summed E-state index contributed by atoms with van der Waals surface area (Å²) in [5, 5.41) is 16.2. The van der Waals surface area contributed by atoms with Crippen LogP contribution in [0.3, 0.4) is 0 Å². The number of carboxylic acid groups (broad SMARTS) is 1. The highest BCUT2D eigenvalue weighted by atomic mass is 32.3. The van der Waals surface area contributed by atoms with Gasteiger partial charge in [0, 0.05) is 6.61 Å². The number of aliphatic hydroxyl groups is 1. The Hall–Kier alpha value is -1.64. The molecule has 7 nitrogen and oxygen atoms in total. The minimum atomic E-state index is -4.70. The lowest BCUT2D eigenvalue weighted by molar-refractivity contribution is 0.0695. The van der Waals surface area contributed by atoms with Crippen LogP contribution in [-0.2, 0) is 10.4 Å². The van der Waals surface area contributed by atoms with Crippen molar-refractivity contribution in [1.82, 2.24) is 0 Å². The van der Waals surface area contributed by atoms with Crippen molar-refractivity contribution in [3.63, 3.8) is 0 Å². The Labute approximate surface area is 98.2 Å². The second-order valence-corrected chi connectivity index (χ2v) is 3.65. The van der Waals surface area contributed by atoms with Gasteiger partial charge < -0.3 is 14.4 Å². The number of hydrogen-bond donors (Lipinski definition) is 3. The molecule has 0 aliphatic carbocycles. The van der Waals surface area contributed by atoms with E-state index in [1.54, 1.807) is 6.92 Å². The van der Waals surface area contributed by atoms with Gasteiger partial charge in [0.2, 0.25) is 0 Å². The molecule has 0 aromatic heterocycles. The van der Waals surface area contributed by atoms with Crippen LogP contribution in [0.4, 0.5) is 0 Å². The van der Waals surface area contributed by atoms with E-state index in [1.165, 1.54) is 12.1 Å². The molecule has 0 heterocycles. The van der Waals surface area contributed by atoms with Gasteiger partial charge >= 0.3 is 16.4 Å². The molecule has 0 aliphatic rings. The number of aliphatic hydroxyl groups excluding tert-OH is 1. The summed E-state index contributed by atoms with van der Waals surface area (Å²) in [6.45, 7) is 1.93. The molecular formula is C9H12O7S. The first kappa shape index (κ1) is 15.4. The van der Waals surface area contributed by atoms with Crippen LogP contribution in [0.1, 0.15) is 17.3 Å². The zero-order valence-electron chi connectivity index (χ0n) is 8.90.